The quantitative estimate of drug-likeness (QED) is 0.680. The largest absolute Gasteiger partial charge is 0.365 e. The van der Waals surface area contributed by atoms with E-state index in [1.165, 1.54) is 11.1 Å². The maximum Gasteiger partial charge on any atom is 0.333 e. The number of hydrogen-bond acceptors (Lipinski definition) is 4. The first-order valence-corrected chi connectivity index (χ1v) is 7.55. The first kappa shape index (κ1) is 14.6. The van der Waals surface area contributed by atoms with E-state index in [0.29, 0.717) is 17.4 Å². The second-order valence-electron chi connectivity index (χ2n) is 5.92. The SMILES string of the molecule is Cc1nn(C)c(NCCC2Cc3ccccc3C2)c1[N+](=O)[O-]. The van der Waals surface area contributed by atoms with Crippen molar-refractivity contribution < 1.29 is 4.92 Å². The van der Waals surface area contributed by atoms with E-state index in [-0.39, 0.29) is 10.6 Å². The van der Waals surface area contributed by atoms with Crippen molar-refractivity contribution in [2.45, 2.75) is 26.2 Å². The van der Waals surface area contributed by atoms with Crippen molar-refractivity contribution >= 4 is 11.5 Å². The maximum atomic E-state index is 11.1. The van der Waals surface area contributed by atoms with Crippen LogP contribution in [0.2, 0.25) is 0 Å². The summed E-state index contributed by atoms with van der Waals surface area (Å²) in [5, 5.41) is 18.5. The summed E-state index contributed by atoms with van der Waals surface area (Å²) in [4.78, 5) is 10.8. The van der Waals surface area contributed by atoms with Crippen LogP contribution in [-0.2, 0) is 19.9 Å². The molecule has 0 unspecified atom stereocenters. The highest BCUT2D eigenvalue weighted by Crippen LogP contribution is 2.30. The van der Waals surface area contributed by atoms with Gasteiger partial charge in [0.1, 0.15) is 5.69 Å². The van der Waals surface area contributed by atoms with Gasteiger partial charge in [0, 0.05) is 13.6 Å². The van der Waals surface area contributed by atoms with Gasteiger partial charge in [-0.2, -0.15) is 5.10 Å². The smallest absolute Gasteiger partial charge is 0.333 e. The molecule has 6 nitrogen and oxygen atoms in total. The van der Waals surface area contributed by atoms with Crippen molar-refractivity contribution in [2.75, 3.05) is 11.9 Å². The van der Waals surface area contributed by atoms with Crippen LogP contribution in [0.15, 0.2) is 24.3 Å². The highest BCUT2D eigenvalue weighted by atomic mass is 16.6. The molecule has 0 radical (unpaired) electrons. The van der Waals surface area contributed by atoms with Gasteiger partial charge >= 0.3 is 5.69 Å². The van der Waals surface area contributed by atoms with E-state index in [4.69, 9.17) is 0 Å². The van der Waals surface area contributed by atoms with Crippen molar-refractivity contribution in [1.82, 2.24) is 9.78 Å². The lowest BCUT2D eigenvalue weighted by Gasteiger charge is -2.10. The van der Waals surface area contributed by atoms with Crippen LogP contribution in [0.1, 0.15) is 23.2 Å². The van der Waals surface area contributed by atoms with Crippen LogP contribution in [0.4, 0.5) is 11.5 Å². The van der Waals surface area contributed by atoms with Gasteiger partial charge in [-0.1, -0.05) is 24.3 Å². The topological polar surface area (TPSA) is 73.0 Å². The van der Waals surface area contributed by atoms with Crippen LogP contribution in [0, 0.1) is 23.0 Å². The van der Waals surface area contributed by atoms with Gasteiger partial charge in [0.2, 0.25) is 5.82 Å². The number of hydrogen-bond donors (Lipinski definition) is 1. The summed E-state index contributed by atoms with van der Waals surface area (Å²) in [7, 11) is 1.73. The average molecular weight is 300 g/mol. The molecule has 116 valence electrons. The van der Waals surface area contributed by atoms with E-state index < -0.39 is 0 Å². The standard InChI is InChI=1S/C16H20N4O2/c1-11-15(20(21)22)16(19(2)18-11)17-8-7-12-9-13-5-3-4-6-14(13)10-12/h3-6,12,17H,7-10H2,1-2H3. The van der Waals surface area contributed by atoms with Gasteiger partial charge in [-0.25, -0.2) is 4.68 Å². The minimum Gasteiger partial charge on any atom is -0.365 e. The Bertz CT molecular complexity index is 683. The van der Waals surface area contributed by atoms with Crippen LogP contribution in [0.25, 0.3) is 0 Å². The van der Waals surface area contributed by atoms with Gasteiger partial charge in [-0.3, -0.25) is 10.1 Å². The number of rotatable bonds is 5. The third kappa shape index (κ3) is 2.68. The molecule has 1 N–H and O–H groups in total. The molecule has 6 heteroatoms. The first-order valence-electron chi connectivity index (χ1n) is 7.55. The van der Waals surface area contributed by atoms with E-state index in [1.54, 1.807) is 18.7 Å². The predicted molar refractivity (Wildman–Crippen MR) is 85.0 cm³/mol. The van der Waals surface area contributed by atoms with E-state index in [0.717, 1.165) is 25.8 Å². The third-order valence-corrected chi connectivity index (χ3v) is 4.35. The van der Waals surface area contributed by atoms with Crippen molar-refractivity contribution in [3.63, 3.8) is 0 Å². The molecule has 1 aromatic carbocycles. The summed E-state index contributed by atoms with van der Waals surface area (Å²) in [6, 6.07) is 8.55. The molecular formula is C16H20N4O2. The molecule has 2 aromatic rings. The average Bonchev–Trinajstić information content (AvgIpc) is 2.99. The molecule has 1 heterocycles. The Labute approximate surface area is 129 Å². The zero-order valence-corrected chi connectivity index (χ0v) is 12.9. The summed E-state index contributed by atoms with van der Waals surface area (Å²) >= 11 is 0. The summed E-state index contributed by atoms with van der Waals surface area (Å²) in [5.74, 6) is 1.11. The lowest BCUT2D eigenvalue weighted by Crippen LogP contribution is -2.12. The van der Waals surface area contributed by atoms with E-state index in [1.807, 2.05) is 0 Å². The molecule has 1 aliphatic rings. The number of nitrogens with zero attached hydrogens (tertiary/aromatic N) is 3. The number of anilines is 1. The molecule has 0 spiro atoms. The summed E-state index contributed by atoms with van der Waals surface area (Å²) in [6.45, 7) is 2.38. The van der Waals surface area contributed by atoms with Crippen molar-refractivity contribution in [2.24, 2.45) is 13.0 Å². The van der Waals surface area contributed by atoms with Gasteiger partial charge in [0.05, 0.1) is 4.92 Å². The molecule has 0 saturated heterocycles. The van der Waals surface area contributed by atoms with Crippen LogP contribution in [-0.4, -0.2) is 21.2 Å². The van der Waals surface area contributed by atoms with Gasteiger partial charge in [-0.05, 0) is 43.2 Å². The van der Waals surface area contributed by atoms with Crippen molar-refractivity contribution in [3.05, 3.63) is 51.2 Å². The van der Waals surface area contributed by atoms with Crippen molar-refractivity contribution in [1.29, 1.82) is 0 Å². The van der Waals surface area contributed by atoms with Gasteiger partial charge in [-0.15, -0.1) is 0 Å². The molecule has 22 heavy (non-hydrogen) atoms. The number of benzene rings is 1. The Morgan fingerprint density at radius 1 is 1.36 bits per heavy atom. The van der Waals surface area contributed by atoms with Gasteiger partial charge in [0.15, 0.2) is 0 Å². The van der Waals surface area contributed by atoms with Gasteiger partial charge in [0.25, 0.3) is 0 Å². The Hall–Kier alpha value is -2.37. The molecule has 0 atom stereocenters. The second kappa shape index (κ2) is 5.79. The molecule has 0 fully saturated rings. The number of nitrogens with one attached hydrogen (secondary N) is 1. The highest BCUT2D eigenvalue weighted by molar-refractivity contribution is 5.59. The zero-order chi connectivity index (χ0) is 15.7. The van der Waals surface area contributed by atoms with Crippen LogP contribution in [0.5, 0.6) is 0 Å². The molecule has 3 rings (SSSR count). The van der Waals surface area contributed by atoms with Crippen LogP contribution < -0.4 is 5.32 Å². The van der Waals surface area contributed by atoms with Gasteiger partial charge < -0.3 is 5.32 Å². The maximum absolute atomic E-state index is 11.1. The first-order chi connectivity index (χ1) is 10.6. The minimum absolute atomic E-state index is 0.0807. The molecular weight excluding hydrogens is 280 g/mol. The number of aryl methyl sites for hydroxylation is 2. The van der Waals surface area contributed by atoms with Crippen molar-refractivity contribution in [3.8, 4) is 0 Å². The fourth-order valence-electron chi connectivity index (χ4n) is 3.31. The van der Waals surface area contributed by atoms with Crippen LogP contribution >= 0.6 is 0 Å². The third-order valence-electron chi connectivity index (χ3n) is 4.35. The van der Waals surface area contributed by atoms with E-state index >= 15 is 0 Å². The number of fused-ring (bicyclic) bond motifs is 1. The Balaban J connectivity index is 1.60. The molecule has 0 aliphatic heterocycles. The molecule has 0 amide bonds. The molecule has 0 bridgehead atoms. The minimum atomic E-state index is -0.365. The fraction of sp³-hybridized carbons (Fsp3) is 0.438. The second-order valence-corrected chi connectivity index (χ2v) is 5.92. The number of nitro groups is 1. The summed E-state index contributed by atoms with van der Waals surface area (Å²) in [5.41, 5.74) is 3.41. The molecule has 0 saturated carbocycles. The lowest BCUT2D eigenvalue weighted by molar-refractivity contribution is -0.384. The monoisotopic (exact) mass is 300 g/mol. The number of aromatic nitrogens is 2. The molecule has 1 aromatic heterocycles. The van der Waals surface area contributed by atoms with E-state index in [9.17, 15) is 10.1 Å². The Kier molecular flexibility index (Phi) is 3.83. The van der Waals surface area contributed by atoms with Crippen LogP contribution in [0.3, 0.4) is 0 Å². The summed E-state index contributed by atoms with van der Waals surface area (Å²) < 4.78 is 1.55. The summed E-state index contributed by atoms with van der Waals surface area (Å²) in [6.07, 6.45) is 3.20. The highest BCUT2D eigenvalue weighted by Gasteiger charge is 2.25. The van der Waals surface area contributed by atoms with E-state index in [2.05, 4.69) is 34.7 Å². The Morgan fingerprint density at radius 2 is 2.00 bits per heavy atom. The molecule has 1 aliphatic carbocycles. The predicted octanol–water partition coefficient (Wildman–Crippen LogP) is 2.85. The lowest BCUT2D eigenvalue weighted by atomic mass is 10.0. The fourth-order valence-corrected chi connectivity index (χ4v) is 3.31. The Morgan fingerprint density at radius 3 is 2.59 bits per heavy atom. The normalized spacial score (nSPS) is 14.1. The zero-order valence-electron chi connectivity index (χ0n) is 12.9.